The minimum Gasteiger partial charge on any atom is -0.381 e. The summed E-state index contributed by atoms with van der Waals surface area (Å²) in [6.45, 7) is 1.47. The molecule has 1 saturated heterocycles. The molecule has 2 heterocycles. The molecule has 1 amide bonds. The highest BCUT2D eigenvalue weighted by molar-refractivity contribution is 5.94. The second kappa shape index (κ2) is 5.20. The van der Waals surface area contributed by atoms with Crippen LogP contribution in [0.3, 0.4) is 0 Å². The van der Waals surface area contributed by atoms with Crippen molar-refractivity contribution >= 4 is 11.7 Å². The van der Waals surface area contributed by atoms with Crippen LogP contribution in [-0.2, 0) is 9.53 Å². The Labute approximate surface area is 99.6 Å². The fourth-order valence-electron chi connectivity index (χ4n) is 1.90. The topological polar surface area (TPSA) is 90.1 Å². The molecular weight excluding hydrogens is 220 g/mol. The van der Waals surface area contributed by atoms with Crippen molar-refractivity contribution in [2.24, 2.45) is 11.1 Å². The molecule has 1 aromatic rings. The molecule has 0 bridgehead atoms. The van der Waals surface area contributed by atoms with Gasteiger partial charge in [-0.15, -0.1) is 5.10 Å². The molecule has 0 aromatic carbocycles. The van der Waals surface area contributed by atoms with Gasteiger partial charge in [0.05, 0.1) is 5.41 Å². The maximum atomic E-state index is 12.2. The summed E-state index contributed by atoms with van der Waals surface area (Å²) < 4.78 is 5.26. The molecule has 6 heteroatoms. The quantitative estimate of drug-likeness (QED) is 0.780. The van der Waals surface area contributed by atoms with Crippen LogP contribution < -0.4 is 11.1 Å². The summed E-state index contributed by atoms with van der Waals surface area (Å²) in [6.07, 6.45) is 2.86. The standard InChI is InChI=1S/C11H16N4O2/c12-8-11(3-6-17-7-4-11)10(16)14-9-2-1-5-13-15-9/h1-2,5H,3-4,6-8,12H2,(H,14,15,16). The van der Waals surface area contributed by atoms with Gasteiger partial charge in [0.1, 0.15) is 0 Å². The number of hydrogen-bond acceptors (Lipinski definition) is 5. The predicted octanol–water partition coefficient (Wildman–Crippen LogP) is 0.171. The Morgan fingerprint density at radius 1 is 1.53 bits per heavy atom. The molecule has 1 aliphatic rings. The predicted molar refractivity (Wildman–Crippen MR) is 62.2 cm³/mol. The monoisotopic (exact) mass is 236 g/mol. The molecule has 6 nitrogen and oxygen atoms in total. The maximum absolute atomic E-state index is 12.2. The van der Waals surface area contributed by atoms with Crippen LogP contribution in [0.15, 0.2) is 18.3 Å². The van der Waals surface area contributed by atoms with Gasteiger partial charge in [-0.25, -0.2) is 0 Å². The van der Waals surface area contributed by atoms with E-state index in [0.29, 0.717) is 38.4 Å². The van der Waals surface area contributed by atoms with Gasteiger partial charge in [-0.05, 0) is 25.0 Å². The molecule has 92 valence electrons. The summed E-state index contributed by atoms with van der Waals surface area (Å²) in [5.41, 5.74) is 5.21. The second-order valence-electron chi connectivity index (χ2n) is 4.16. The summed E-state index contributed by atoms with van der Waals surface area (Å²) in [4.78, 5) is 12.2. The van der Waals surface area contributed by atoms with E-state index in [1.54, 1.807) is 18.3 Å². The van der Waals surface area contributed by atoms with Gasteiger partial charge in [0.15, 0.2) is 5.82 Å². The third-order valence-electron chi connectivity index (χ3n) is 3.14. The molecular formula is C11H16N4O2. The molecule has 17 heavy (non-hydrogen) atoms. The van der Waals surface area contributed by atoms with E-state index in [4.69, 9.17) is 10.5 Å². The minimum absolute atomic E-state index is 0.0937. The van der Waals surface area contributed by atoms with E-state index in [9.17, 15) is 4.79 Å². The van der Waals surface area contributed by atoms with Crippen LogP contribution in [0, 0.1) is 5.41 Å². The van der Waals surface area contributed by atoms with Crippen molar-refractivity contribution in [1.29, 1.82) is 0 Å². The lowest BCUT2D eigenvalue weighted by Crippen LogP contribution is -2.46. The number of anilines is 1. The minimum atomic E-state index is -0.532. The van der Waals surface area contributed by atoms with E-state index < -0.39 is 5.41 Å². The van der Waals surface area contributed by atoms with Gasteiger partial charge < -0.3 is 15.8 Å². The number of nitrogens with zero attached hydrogens (tertiary/aromatic N) is 2. The Kier molecular flexibility index (Phi) is 3.65. The van der Waals surface area contributed by atoms with Crippen molar-refractivity contribution < 1.29 is 9.53 Å². The smallest absolute Gasteiger partial charge is 0.233 e. The van der Waals surface area contributed by atoms with E-state index in [-0.39, 0.29) is 5.91 Å². The highest BCUT2D eigenvalue weighted by Crippen LogP contribution is 2.30. The zero-order chi connectivity index (χ0) is 12.1. The number of nitrogens with one attached hydrogen (secondary N) is 1. The van der Waals surface area contributed by atoms with Crippen LogP contribution in [0.5, 0.6) is 0 Å². The number of aromatic nitrogens is 2. The molecule has 0 unspecified atom stereocenters. The summed E-state index contributed by atoms with van der Waals surface area (Å²) in [5.74, 6) is 0.362. The molecule has 0 aliphatic carbocycles. The second-order valence-corrected chi connectivity index (χ2v) is 4.16. The number of hydrogen-bond donors (Lipinski definition) is 2. The molecule has 2 rings (SSSR count). The first kappa shape index (κ1) is 11.9. The van der Waals surface area contributed by atoms with Crippen molar-refractivity contribution in [3.05, 3.63) is 18.3 Å². The van der Waals surface area contributed by atoms with Crippen LogP contribution >= 0.6 is 0 Å². The van der Waals surface area contributed by atoms with E-state index in [1.807, 2.05) is 0 Å². The normalized spacial score (nSPS) is 18.6. The van der Waals surface area contributed by atoms with Gasteiger partial charge in [-0.3, -0.25) is 4.79 Å². The molecule has 0 spiro atoms. The summed E-state index contributed by atoms with van der Waals surface area (Å²) in [7, 11) is 0. The van der Waals surface area contributed by atoms with Gasteiger partial charge in [0, 0.05) is 26.0 Å². The summed E-state index contributed by atoms with van der Waals surface area (Å²) >= 11 is 0. The first-order valence-electron chi connectivity index (χ1n) is 5.64. The van der Waals surface area contributed by atoms with Crippen LogP contribution in [0.1, 0.15) is 12.8 Å². The average molecular weight is 236 g/mol. The molecule has 1 fully saturated rings. The highest BCUT2D eigenvalue weighted by Gasteiger charge is 2.38. The van der Waals surface area contributed by atoms with Crippen LogP contribution in [0.2, 0.25) is 0 Å². The van der Waals surface area contributed by atoms with E-state index in [0.717, 1.165) is 0 Å². The number of carbonyl (C=O) groups excluding carboxylic acids is 1. The van der Waals surface area contributed by atoms with Gasteiger partial charge in [0.25, 0.3) is 0 Å². The van der Waals surface area contributed by atoms with Gasteiger partial charge >= 0.3 is 0 Å². The number of ether oxygens (including phenoxy) is 1. The van der Waals surface area contributed by atoms with Crippen LogP contribution in [0.25, 0.3) is 0 Å². The van der Waals surface area contributed by atoms with Crippen LogP contribution in [-0.4, -0.2) is 35.9 Å². The highest BCUT2D eigenvalue weighted by atomic mass is 16.5. The number of amides is 1. The van der Waals surface area contributed by atoms with E-state index >= 15 is 0 Å². The summed E-state index contributed by atoms with van der Waals surface area (Å²) in [6, 6.07) is 3.43. The van der Waals surface area contributed by atoms with E-state index in [2.05, 4.69) is 15.5 Å². The molecule has 0 saturated carbocycles. The first-order chi connectivity index (χ1) is 8.27. The molecule has 1 aliphatic heterocycles. The van der Waals surface area contributed by atoms with Gasteiger partial charge in [0.2, 0.25) is 5.91 Å². The Morgan fingerprint density at radius 3 is 2.88 bits per heavy atom. The van der Waals surface area contributed by atoms with Crippen molar-refractivity contribution in [1.82, 2.24) is 10.2 Å². The van der Waals surface area contributed by atoms with Crippen molar-refractivity contribution in [3.63, 3.8) is 0 Å². The average Bonchev–Trinajstić information content (AvgIpc) is 2.40. The zero-order valence-electron chi connectivity index (χ0n) is 9.56. The third-order valence-corrected chi connectivity index (χ3v) is 3.14. The lowest BCUT2D eigenvalue weighted by atomic mass is 9.79. The Balaban J connectivity index is 2.07. The largest absolute Gasteiger partial charge is 0.381 e. The molecule has 0 radical (unpaired) electrons. The lowest BCUT2D eigenvalue weighted by Gasteiger charge is -2.34. The Morgan fingerprint density at radius 2 is 2.29 bits per heavy atom. The Bertz CT molecular complexity index is 376. The van der Waals surface area contributed by atoms with Crippen molar-refractivity contribution in [2.45, 2.75) is 12.8 Å². The molecule has 1 aromatic heterocycles. The summed E-state index contributed by atoms with van der Waals surface area (Å²) in [5, 5.41) is 10.3. The fraction of sp³-hybridized carbons (Fsp3) is 0.545. The van der Waals surface area contributed by atoms with Gasteiger partial charge in [-0.2, -0.15) is 5.10 Å². The van der Waals surface area contributed by atoms with Crippen molar-refractivity contribution in [3.8, 4) is 0 Å². The fourth-order valence-corrected chi connectivity index (χ4v) is 1.90. The Hall–Kier alpha value is -1.53. The third kappa shape index (κ3) is 2.59. The molecule has 3 N–H and O–H groups in total. The SMILES string of the molecule is NCC1(C(=O)Nc2cccnn2)CCOCC1. The van der Waals surface area contributed by atoms with Gasteiger partial charge in [-0.1, -0.05) is 0 Å². The van der Waals surface area contributed by atoms with Crippen LogP contribution in [0.4, 0.5) is 5.82 Å². The van der Waals surface area contributed by atoms with E-state index in [1.165, 1.54) is 0 Å². The molecule has 0 atom stereocenters. The number of rotatable bonds is 3. The maximum Gasteiger partial charge on any atom is 0.233 e. The number of carbonyl (C=O) groups is 1. The first-order valence-corrected chi connectivity index (χ1v) is 5.64. The lowest BCUT2D eigenvalue weighted by molar-refractivity contribution is -0.130. The number of nitrogens with two attached hydrogens (primary N) is 1. The van der Waals surface area contributed by atoms with Crippen molar-refractivity contribution in [2.75, 3.05) is 25.1 Å². The zero-order valence-corrected chi connectivity index (χ0v) is 9.56.